The summed E-state index contributed by atoms with van der Waals surface area (Å²) in [5, 5.41) is 3.60. The van der Waals surface area contributed by atoms with E-state index in [2.05, 4.69) is 5.32 Å². The molecule has 0 radical (unpaired) electrons. The molecule has 0 aliphatic carbocycles. The fourth-order valence-electron chi connectivity index (χ4n) is 3.48. The number of hydrogen-bond donors (Lipinski definition) is 1. The number of piperidine rings is 1. The quantitative estimate of drug-likeness (QED) is 0.907. The van der Waals surface area contributed by atoms with Gasteiger partial charge in [-0.1, -0.05) is 0 Å². The Hall–Kier alpha value is -1.75. The van der Waals surface area contributed by atoms with Gasteiger partial charge in [-0.3, -0.25) is 4.57 Å². The number of ether oxygens (including phenoxy) is 1. The second-order valence-electron chi connectivity index (χ2n) is 5.91. The van der Waals surface area contributed by atoms with Crippen LogP contribution >= 0.6 is 0 Å². The number of fused-ring (bicyclic) bond motifs is 3. The third-order valence-corrected chi connectivity index (χ3v) is 4.50. The van der Waals surface area contributed by atoms with Crippen LogP contribution in [0.4, 0.5) is 0 Å². The molecule has 0 spiro atoms. The maximum Gasteiger partial charge on any atom is 0.419 e. The van der Waals surface area contributed by atoms with Gasteiger partial charge >= 0.3 is 5.76 Å². The molecular weight excluding hydrogens is 256 g/mol. The monoisotopic (exact) mass is 274 g/mol. The van der Waals surface area contributed by atoms with Gasteiger partial charge in [0.05, 0.1) is 5.52 Å². The van der Waals surface area contributed by atoms with Crippen LogP contribution < -0.4 is 15.8 Å². The van der Waals surface area contributed by atoms with Crippen LogP contribution in [0.25, 0.3) is 11.1 Å². The Morgan fingerprint density at radius 2 is 2.05 bits per heavy atom. The summed E-state index contributed by atoms with van der Waals surface area (Å²) in [6, 6.07) is 6.84. The van der Waals surface area contributed by atoms with Gasteiger partial charge in [0.15, 0.2) is 5.58 Å². The second-order valence-corrected chi connectivity index (χ2v) is 5.91. The van der Waals surface area contributed by atoms with Crippen LogP contribution in [0.2, 0.25) is 0 Å². The van der Waals surface area contributed by atoms with E-state index in [0.717, 1.165) is 24.1 Å². The van der Waals surface area contributed by atoms with Crippen LogP contribution in [-0.4, -0.2) is 22.8 Å². The molecule has 5 nitrogen and oxygen atoms in total. The lowest BCUT2D eigenvalue weighted by Crippen LogP contribution is -2.42. The number of aryl methyl sites for hydroxylation is 1. The van der Waals surface area contributed by atoms with Gasteiger partial charge in [-0.15, -0.1) is 0 Å². The van der Waals surface area contributed by atoms with Gasteiger partial charge in [-0.2, -0.15) is 0 Å². The largest absolute Gasteiger partial charge is 0.490 e. The van der Waals surface area contributed by atoms with Crippen molar-refractivity contribution in [3.63, 3.8) is 0 Å². The first-order chi connectivity index (χ1) is 9.69. The SMILES string of the molecule is Cn1c(=O)oc2cc(O[C@H]3C[C@H]4CC[C@@H](C3)N4)ccc21. The van der Waals surface area contributed by atoms with E-state index in [0.29, 0.717) is 17.7 Å². The summed E-state index contributed by atoms with van der Waals surface area (Å²) >= 11 is 0. The molecule has 2 fully saturated rings. The molecule has 4 rings (SSSR count). The topological polar surface area (TPSA) is 56.4 Å². The molecule has 2 aliphatic rings. The Labute approximate surface area is 116 Å². The fraction of sp³-hybridized carbons (Fsp3) is 0.533. The van der Waals surface area contributed by atoms with Crippen LogP contribution in [0.5, 0.6) is 5.75 Å². The molecule has 1 N–H and O–H groups in total. The minimum atomic E-state index is -0.336. The zero-order chi connectivity index (χ0) is 13.7. The Morgan fingerprint density at radius 1 is 1.30 bits per heavy atom. The fourth-order valence-corrected chi connectivity index (χ4v) is 3.48. The van der Waals surface area contributed by atoms with Crippen LogP contribution in [0.1, 0.15) is 25.7 Å². The number of hydrogen-bond acceptors (Lipinski definition) is 4. The van der Waals surface area contributed by atoms with Crippen molar-refractivity contribution >= 4 is 11.1 Å². The Balaban J connectivity index is 1.58. The zero-order valence-corrected chi connectivity index (χ0v) is 11.5. The van der Waals surface area contributed by atoms with Gasteiger partial charge in [0.25, 0.3) is 0 Å². The van der Waals surface area contributed by atoms with Crippen molar-refractivity contribution in [3.8, 4) is 5.75 Å². The molecule has 0 saturated carbocycles. The summed E-state index contributed by atoms with van der Waals surface area (Å²) in [5.41, 5.74) is 1.39. The molecule has 2 aliphatic heterocycles. The number of nitrogens with one attached hydrogen (secondary N) is 1. The number of benzene rings is 1. The molecule has 2 saturated heterocycles. The smallest absolute Gasteiger partial charge is 0.419 e. The normalized spacial score (nSPS) is 28.9. The summed E-state index contributed by atoms with van der Waals surface area (Å²) < 4.78 is 12.8. The Bertz CT molecular complexity index is 691. The Kier molecular flexibility index (Phi) is 2.63. The van der Waals surface area contributed by atoms with Crippen molar-refractivity contribution in [2.45, 2.75) is 43.9 Å². The lowest BCUT2D eigenvalue weighted by molar-refractivity contribution is 0.137. The van der Waals surface area contributed by atoms with Gasteiger partial charge in [0.1, 0.15) is 11.9 Å². The van der Waals surface area contributed by atoms with Crippen LogP contribution in [0.3, 0.4) is 0 Å². The van der Waals surface area contributed by atoms with Crippen molar-refractivity contribution in [1.29, 1.82) is 0 Å². The van der Waals surface area contributed by atoms with E-state index in [4.69, 9.17) is 9.15 Å². The summed E-state index contributed by atoms with van der Waals surface area (Å²) in [7, 11) is 1.71. The van der Waals surface area contributed by atoms with E-state index in [9.17, 15) is 4.79 Å². The van der Waals surface area contributed by atoms with E-state index < -0.39 is 0 Å². The highest BCUT2D eigenvalue weighted by Gasteiger charge is 2.34. The number of oxazole rings is 1. The average molecular weight is 274 g/mol. The molecule has 3 atom stereocenters. The zero-order valence-electron chi connectivity index (χ0n) is 11.5. The first kappa shape index (κ1) is 12.0. The Morgan fingerprint density at radius 3 is 2.80 bits per heavy atom. The van der Waals surface area contributed by atoms with E-state index in [1.54, 1.807) is 7.05 Å². The molecule has 0 unspecified atom stereocenters. The van der Waals surface area contributed by atoms with Crippen LogP contribution in [0.15, 0.2) is 27.4 Å². The van der Waals surface area contributed by atoms with Crippen molar-refractivity contribution in [2.24, 2.45) is 7.05 Å². The molecule has 20 heavy (non-hydrogen) atoms. The van der Waals surface area contributed by atoms with Gasteiger partial charge in [-0.05, 0) is 37.8 Å². The number of aromatic nitrogens is 1. The molecular formula is C15H18N2O3. The van der Waals surface area contributed by atoms with E-state index >= 15 is 0 Å². The lowest BCUT2D eigenvalue weighted by atomic mass is 10.0. The van der Waals surface area contributed by atoms with Crippen molar-refractivity contribution in [3.05, 3.63) is 28.7 Å². The first-order valence-electron chi connectivity index (χ1n) is 7.21. The molecule has 2 aromatic rings. The molecule has 5 heteroatoms. The highest BCUT2D eigenvalue weighted by atomic mass is 16.5. The van der Waals surface area contributed by atoms with Gasteiger partial charge in [0.2, 0.25) is 0 Å². The summed E-state index contributed by atoms with van der Waals surface area (Å²) in [4.78, 5) is 11.5. The lowest BCUT2D eigenvalue weighted by Gasteiger charge is -2.29. The molecule has 2 bridgehead atoms. The molecule has 106 valence electrons. The summed E-state index contributed by atoms with van der Waals surface area (Å²) in [6.07, 6.45) is 4.91. The minimum absolute atomic E-state index is 0.265. The number of nitrogens with zero attached hydrogens (tertiary/aromatic N) is 1. The predicted octanol–water partition coefficient (Wildman–Crippen LogP) is 1.79. The first-order valence-corrected chi connectivity index (χ1v) is 7.21. The highest BCUT2D eigenvalue weighted by molar-refractivity contribution is 5.74. The molecule has 1 aromatic heterocycles. The van der Waals surface area contributed by atoms with Gasteiger partial charge < -0.3 is 14.5 Å². The van der Waals surface area contributed by atoms with E-state index in [1.807, 2.05) is 18.2 Å². The van der Waals surface area contributed by atoms with E-state index in [1.165, 1.54) is 17.4 Å². The number of rotatable bonds is 2. The summed E-state index contributed by atoms with van der Waals surface area (Å²) in [6.45, 7) is 0. The predicted molar refractivity (Wildman–Crippen MR) is 75.1 cm³/mol. The second kappa shape index (κ2) is 4.38. The van der Waals surface area contributed by atoms with Gasteiger partial charge in [0, 0.05) is 25.2 Å². The van der Waals surface area contributed by atoms with Crippen LogP contribution in [0, 0.1) is 0 Å². The minimum Gasteiger partial charge on any atom is -0.490 e. The average Bonchev–Trinajstić information content (AvgIpc) is 2.90. The van der Waals surface area contributed by atoms with Crippen molar-refractivity contribution in [1.82, 2.24) is 9.88 Å². The highest BCUT2D eigenvalue weighted by Crippen LogP contribution is 2.30. The molecule has 1 aromatic carbocycles. The third-order valence-electron chi connectivity index (χ3n) is 4.50. The maximum absolute atomic E-state index is 11.5. The summed E-state index contributed by atoms with van der Waals surface area (Å²) in [5.74, 6) is 0.454. The molecule has 3 heterocycles. The maximum atomic E-state index is 11.5. The van der Waals surface area contributed by atoms with Crippen molar-refractivity contribution < 1.29 is 9.15 Å². The standard InChI is InChI=1S/C15H18N2O3/c1-17-13-5-4-11(8-14(13)20-15(17)18)19-12-6-9-2-3-10(7-12)16-9/h4-5,8-10,12,16H,2-3,6-7H2,1H3/t9-,10+,12+. The molecule has 0 amide bonds. The van der Waals surface area contributed by atoms with Crippen LogP contribution in [-0.2, 0) is 7.05 Å². The van der Waals surface area contributed by atoms with Crippen molar-refractivity contribution in [2.75, 3.05) is 0 Å². The van der Waals surface area contributed by atoms with Gasteiger partial charge in [-0.25, -0.2) is 4.79 Å². The third kappa shape index (κ3) is 1.93. The van der Waals surface area contributed by atoms with E-state index in [-0.39, 0.29) is 11.9 Å².